The molecule has 1 aromatic rings. The minimum atomic E-state index is 0.317. The quantitative estimate of drug-likeness (QED) is 0.864. The fourth-order valence-corrected chi connectivity index (χ4v) is 4.48. The van der Waals surface area contributed by atoms with Crippen molar-refractivity contribution in [2.24, 2.45) is 0 Å². The Morgan fingerprint density at radius 1 is 1.38 bits per heavy atom. The molecule has 0 aromatic heterocycles. The summed E-state index contributed by atoms with van der Waals surface area (Å²) in [5, 5.41) is 14.0. The number of nitrogens with one attached hydrogen (secondary N) is 1. The highest BCUT2D eigenvalue weighted by atomic mass is 79.9. The molecule has 3 atom stereocenters. The maximum atomic E-state index is 10.3. The van der Waals surface area contributed by atoms with Crippen LogP contribution < -0.4 is 5.32 Å². The molecular formula is C17H25BrN2O. The van der Waals surface area contributed by atoms with Crippen LogP contribution in [0.1, 0.15) is 50.6 Å². The normalized spacial score (nSPS) is 28.1. The zero-order valence-electron chi connectivity index (χ0n) is 12.7. The van der Waals surface area contributed by atoms with E-state index in [0.29, 0.717) is 23.9 Å². The van der Waals surface area contributed by atoms with Crippen LogP contribution in [-0.4, -0.2) is 35.2 Å². The number of phenolic OH excluding ortho intramolecular Hbond substituents is 1. The van der Waals surface area contributed by atoms with Gasteiger partial charge in [0.25, 0.3) is 0 Å². The Kier molecular flexibility index (Phi) is 4.87. The lowest BCUT2D eigenvalue weighted by Gasteiger charge is -2.36. The fraction of sp³-hybridized carbons (Fsp3) is 0.647. The van der Waals surface area contributed by atoms with Gasteiger partial charge < -0.3 is 10.4 Å². The van der Waals surface area contributed by atoms with E-state index in [1.165, 1.54) is 25.7 Å². The van der Waals surface area contributed by atoms with Crippen molar-refractivity contribution in [3.63, 3.8) is 0 Å². The highest BCUT2D eigenvalue weighted by Crippen LogP contribution is 2.38. The molecule has 116 valence electrons. The van der Waals surface area contributed by atoms with E-state index in [2.05, 4.69) is 39.1 Å². The SMILES string of the molecule is CCC(c1cc(Br)ccc1O)N1CCCC1C1CCCN1. The molecule has 0 saturated carbocycles. The van der Waals surface area contributed by atoms with Crippen molar-refractivity contribution in [1.29, 1.82) is 0 Å². The van der Waals surface area contributed by atoms with Crippen LogP contribution in [0.25, 0.3) is 0 Å². The van der Waals surface area contributed by atoms with E-state index in [1.54, 1.807) is 6.07 Å². The monoisotopic (exact) mass is 352 g/mol. The summed E-state index contributed by atoms with van der Waals surface area (Å²) in [5.41, 5.74) is 1.07. The molecule has 3 nitrogen and oxygen atoms in total. The summed E-state index contributed by atoms with van der Waals surface area (Å²) in [6.07, 6.45) is 6.18. The van der Waals surface area contributed by atoms with Crippen molar-refractivity contribution in [3.8, 4) is 5.75 Å². The Morgan fingerprint density at radius 2 is 2.24 bits per heavy atom. The Bertz CT molecular complexity index is 488. The number of benzene rings is 1. The van der Waals surface area contributed by atoms with Crippen LogP contribution in [0, 0.1) is 0 Å². The van der Waals surface area contributed by atoms with Gasteiger partial charge in [0.1, 0.15) is 5.75 Å². The summed E-state index contributed by atoms with van der Waals surface area (Å²) in [7, 11) is 0. The van der Waals surface area contributed by atoms with E-state index < -0.39 is 0 Å². The van der Waals surface area contributed by atoms with E-state index in [-0.39, 0.29) is 0 Å². The lowest BCUT2D eigenvalue weighted by atomic mass is 9.97. The van der Waals surface area contributed by atoms with Crippen LogP contribution in [-0.2, 0) is 0 Å². The Hall–Kier alpha value is -0.580. The molecule has 21 heavy (non-hydrogen) atoms. The van der Waals surface area contributed by atoms with Crippen LogP contribution >= 0.6 is 15.9 Å². The lowest BCUT2D eigenvalue weighted by molar-refractivity contribution is 0.146. The first-order valence-electron chi connectivity index (χ1n) is 8.18. The first-order chi connectivity index (χ1) is 10.2. The maximum absolute atomic E-state index is 10.3. The standard InChI is InChI=1S/C17H25BrN2O/c1-2-15(13-11-12(18)7-8-17(13)21)20-10-4-6-16(20)14-5-3-9-19-14/h7-8,11,14-16,19,21H,2-6,9-10H2,1H3. The Morgan fingerprint density at radius 3 is 2.95 bits per heavy atom. The summed E-state index contributed by atoms with van der Waals surface area (Å²) in [6, 6.07) is 7.37. The molecule has 3 rings (SSSR count). The van der Waals surface area contributed by atoms with Gasteiger partial charge in [-0.25, -0.2) is 0 Å². The van der Waals surface area contributed by atoms with E-state index in [4.69, 9.17) is 0 Å². The zero-order valence-corrected chi connectivity index (χ0v) is 14.3. The molecule has 2 aliphatic heterocycles. The summed E-state index contributed by atoms with van der Waals surface area (Å²) in [4.78, 5) is 2.63. The minimum absolute atomic E-state index is 0.317. The van der Waals surface area contributed by atoms with Gasteiger partial charge in [0, 0.05) is 28.2 Å². The van der Waals surface area contributed by atoms with Crippen LogP contribution in [0.3, 0.4) is 0 Å². The predicted molar refractivity (Wildman–Crippen MR) is 89.6 cm³/mol. The second-order valence-corrected chi connectivity index (χ2v) is 7.19. The third-order valence-electron chi connectivity index (χ3n) is 5.04. The van der Waals surface area contributed by atoms with Crippen molar-refractivity contribution in [3.05, 3.63) is 28.2 Å². The highest BCUT2D eigenvalue weighted by molar-refractivity contribution is 9.10. The Balaban J connectivity index is 1.86. The topological polar surface area (TPSA) is 35.5 Å². The molecule has 2 saturated heterocycles. The number of rotatable bonds is 4. The molecule has 0 bridgehead atoms. The average Bonchev–Trinajstić information content (AvgIpc) is 3.14. The molecule has 2 fully saturated rings. The number of hydrogen-bond acceptors (Lipinski definition) is 3. The molecule has 0 aliphatic carbocycles. The van der Waals surface area contributed by atoms with Crippen molar-refractivity contribution in [2.75, 3.05) is 13.1 Å². The molecule has 3 unspecified atom stereocenters. The van der Waals surface area contributed by atoms with E-state index >= 15 is 0 Å². The van der Waals surface area contributed by atoms with Crippen molar-refractivity contribution < 1.29 is 5.11 Å². The Labute approximate surface area is 135 Å². The van der Waals surface area contributed by atoms with Gasteiger partial charge in [0.15, 0.2) is 0 Å². The first-order valence-corrected chi connectivity index (χ1v) is 8.97. The summed E-state index contributed by atoms with van der Waals surface area (Å²) < 4.78 is 1.04. The summed E-state index contributed by atoms with van der Waals surface area (Å²) >= 11 is 3.54. The van der Waals surface area contributed by atoms with Crippen molar-refractivity contribution >= 4 is 15.9 Å². The number of likely N-dealkylation sites (tertiary alicyclic amines) is 1. The number of hydrogen-bond donors (Lipinski definition) is 2. The van der Waals surface area contributed by atoms with Gasteiger partial charge in [-0.05, 0) is 63.4 Å². The van der Waals surface area contributed by atoms with Crippen LogP contribution in [0.5, 0.6) is 5.75 Å². The number of aromatic hydroxyl groups is 1. The van der Waals surface area contributed by atoms with Gasteiger partial charge in [0.2, 0.25) is 0 Å². The number of phenols is 1. The van der Waals surface area contributed by atoms with Gasteiger partial charge >= 0.3 is 0 Å². The molecule has 1 aromatic carbocycles. The van der Waals surface area contributed by atoms with Gasteiger partial charge in [-0.1, -0.05) is 22.9 Å². The minimum Gasteiger partial charge on any atom is -0.508 e. The fourth-order valence-electron chi connectivity index (χ4n) is 4.10. The van der Waals surface area contributed by atoms with Gasteiger partial charge in [-0.3, -0.25) is 4.90 Å². The van der Waals surface area contributed by atoms with E-state index in [1.807, 2.05) is 6.07 Å². The van der Waals surface area contributed by atoms with Crippen LogP contribution in [0.15, 0.2) is 22.7 Å². The molecule has 0 spiro atoms. The summed E-state index contributed by atoms with van der Waals surface area (Å²) in [5.74, 6) is 0.426. The number of halogens is 1. The molecule has 2 heterocycles. The first kappa shape index (κ1) is 15.3. The highest BCUT2D eigenvalue weighted by Gasteiger charge is 2.37. The average molecular weight is 353 g/mol. The molecule has 0 radical (unpaired) electrons. The molecule has 0 amide bonds. The van der Waals surface area contributed by atoms with Gasteiger partial charge in [-0.15, -0.1) is 0 Å². The molecule has 2 N–H and O–H groups in total. The van der Waals surface area contributed by atoms with Crippen LogP contribution in [0.4, 0.5) is 0 Å². The van der Waals surface area contributed by atoms with Crippen molar-refractivity contribution in [2.45, 2.75) is 57.2 Å². The van der Waals surface area contributed by atoms with Gasteiger partial charge in [0.05, 0.1) is 0 Å². The molecule has 2 aliphatic rings. The zero-order chi connectivity index (χ0) is 14.8. The maximum Gasteiger partial charge on any atom is 0.120 e. The van der Waals surface area contributed by atoms with Crippen molar-refractivity contribution in [1.82, 2.24) is 10.2 Å². The van der Waals surface area contributed by atoms with Gasteiger partial charge in [-0.2, -0.15) is 0 Å². The smallest absolute Gasteiger partial charge is 0.120 e. The molecule has 4 heteroatoms. The van der Waals surface area contributed by atoms with E-state index in [0.717, 1.165) is 29.5 Å². The summed E-state index contributed by atoms with van der Waals surface area (Å²) in [6.45, 7) is 4.53. The predicted octanol–water partition coefficient (Wildman–Crippen LogP) is 3.82. The third kappa shape index (κ3) is 3.13. The second-order valence-electron chi connectivity index (χ2n) is 6.28. The number of nitrogens with zero attached hydrogens (tertiary/aromatic N) is 1. The largest absolute Gasteiger partial charge is 0.508 e. The van der Waals surface area contributed by atoms with E-state index in [9.17, 15) is 5.11 Å². The van der Waals surface area contributed by atoms with Crippen LogP contribution in [0.2, 0.25) is 0 Å². The molecular weight excluding hydrogens is 328 g/mol. The third-order valence-corrected chi connectivity index (χ3v) is 5.53. The lowest BCUT2D eigenvalue weighted by Crippen LogP contribution is -2.45. The second kappa shape index (κ2) is 6.67.